The second-order valence-corrected chi connectivity index (χ2v) is 4.57. The maximum Gasteiger partial charge on any atom is 0.135 e. The number of aryl methyl sites for hydroxylation is 1. The summed E-state index contributed by atoms with van der Waals surface area (Å²) in [6.07, 6.45) is 8.55. The highest BCUT2D eigenvalue weighted by Crippen LogP contribution is 2.18. The average molecular weight is 234 g/mol. The van der Waals surface area contributed by atoms with Crippen LogP contribution >= 0.6 is 0 Å². The monoisotopic (exact) mass is 234 g/mol. The summed E-state index contributed by atoms with van der Waals surface area (Å²) in [7, 11) is 0. The second kappa shape index (κ2) is 6.55. The van der Waals surface area contributed by atoms with Crippen LogP contribution in [0.15, 0.2) is 12.5 Å². The molecule has 1 N–H and O–H groups in total. The number of anilines is 1. The Labute approximate surface area is 103 Å². The number of aromatic nitrogens is 2. The van der Waals surface area contributed by atoms with Crippen LogP contribution in [0.3, 0.4) is 0 Å². The zero-order chi connectivity index (χ0) is 11.9. The Morgan fingerprint density at radius 3 is 2.88 bits per heavy atom. The normalized spacial score (nSPS) is 16.2. The standard InChI is InChI=1S/C13H22N4/c1-2-3-4-5-12-10-15-11-16-13(12)17-8-6-14-7-9-17/h10-11,14H,2-9H2,1H3. The van der Waals surface area contributed by atoms with Crippen molar-refractivity contribution in [2.45, 2.75) is 32.6 Å². The third-order valence-corrected chi connectivity index (χ3v) is 3.23. The van der Waals surface area contributed by atoms with Crippen molar-refractivity contribution in [3.8, 4) is 0 Å². The van der Waals surface area contributed by atoms with Gasteiger partial charge in [-0.15, -0.1) is 0 Å². The molecule has 1 fully saturated rings. The largest absolute Gasteiger partial charge is 0.354 e. The molecular weight excluding hydrogens is 212 g/mol. The molecule has 2 heterocycles. The summed E-state index contributed by atoms with van der Waals surface area (Å²) in [6, 6.07) is 0. The van der Waals surface area contributed by atoms with Crippen LogP contribution < -0.4 is 10.2 Å². The molecule has 0 bridgehead atoms. The number of hydrogen-bond donors (Lipinski definition) is 1. The van der Waals surface area contributed by atoms with Crippen LogP contribution in [0.4, 0.5) is 5.82 Å². The number of nitrogens with one attached hydrogen (secondary N) is 1. The van der Waals surface area contributed by atoms with Gasteiger partial charge in [-0.3, -0.25) is 0 Å². The Bertz CT molecular complexity index is 334. The van der Waals surface area contributed by atoms with Gasteiger partial charge in [-0.05, 0) is 12.8 Å². The number of rotatable bonds is 5. The Morgan fingerprint density at radius 1 is 1.29 bits per heavy atom. The molecule has 0 atom stereocenters. The van der Waals surface area contributed by atoms with Crippen molar-refractivity contribution in [2.75, 3.05) is 31.1 Å². The van der Waals surface area contributed by atoms with Gasteiger partial charge in [0.2, 0.25) is 0 Å². The molecule has 1 saturated heterocycles. The first-order valence-corrected chi connectivity index (χ1v) is 6.66. The highest BCUT2D eigenvalue weighted by atomic mass is 15.2. The molecule has 0 aromatic carbocycles. The highest BCUT2D eigenvalue weighted by Gasteiger charge is 2.14. The van der Waals surface area contributed by atoms with Gasteiger partial charge in [-0.2, -0.15) is 0 Å². The van der Waals surface area contributed by atoms with E-state index in [0.29, 0.717) is 0 Å². The van der Waals surface area contributed by atoms with E-state index in [9.17, 15) is 0 Å². The number of piperazine rings is 1. The van der Waals surface area contributed by atoms with E-state index >= 15 is 0 Å². The van der Waals surface area contributed by atoms with E-state index in [1.807, 2.05) is 6.20 Å². The predicted molar refractivity (Wildman–Crippen MR) is 70.3 cm³/mol. The summed E-state index contributed by atoms with van der Waals surface area (Å²) in [4.78, 5) is 11.0. The molecule has 1 aliphatic heterocycles. The summed E-state index contributed by atoms with van der Waals surface area (Å²) in [5.74, 6) is 1.15. The van der Waals surface area contributed by atoms with Gasteiger partial charge >= 0.3 is 0 Å². The molecular formula is C13H22N4. The molecule has 2 rings (SSSR count). The van der Waals surface area contributed by atoms with Crippen molar-refractivity contribution < 1.29 is 0 Å². The van der Waals surface area contributed by atoms with E-state index in [1.54, 1.807) is 6.33 Å². The second-order valence-electron chi connectivity index (χ2n) is 4.57. The lowest BCUT2D eigenvalue weighted by atomic mass is 10.1. The maximum atomic E-state index is 4.47. The minimum Gasteiger partial charge on any atom is -0.354 e. The van der Waals surface area contributed by atoms with Crippen molar-refractivity contribution in [3.63, 3.8) is 0 Å². The third kappa shape index (κ3) is 3.40. The van der Waals surface area contributed by atoms with Crippen LogP contribution in [0.5, 0.6) is 0 Å². The minimum atomic E-state index is 1.05. The van der Waals surface area contributed by atoms with Crippen LogP contribution in [0.25, 0.3) is 0 Å². The molecule has 17 heavy (non-hydrogen) atoms. The van der Waals surface area contributed by atoms with Crippen LogP contribution in [0, 0.1) is 0 Å². The summed E-state index contributed by atoms with van der Waals surface area (Å²) in [5, 5.41) is 3.37. The quantitative estimate of drug-likeness (QED) is 0.786. The predicted octanol–water partition coefficient (Wildman–Crippen LogP) is 1.62. The average Bonchev–Trinajstić information content (AvgIpc) is 2.41. The Kier molecular flexibility index (Phi) is 4.74. The van der Waals surface area contributed by atoms with Gasteiger partial charge < -0.3 is 10.2 Å². The van der Waals surface area contributed by atoms with Gasteiger partial charge in [0.25, 0.3) is 0 Å². The molecule has 0 radical (unpaired) electrons. The van der Waals surface area contributed by atoms with E-state index < -0.39 is 0 Å². The fraction of sp³-hybridized carbons (Fsp3) is 0.692. The van der Waals surface area contributed by atoms with E-state index in [-0.39, 0.29) is 0 Å². The van der Waals surface area contributed by atoms with E-state index in [2.05, 4.69) is 27.1 Å². The van der Waals surface area contributed by atoms with Crippen molar-refractivity contribution in [2.24, 2.45) is 0 Å². The fourth-order valence-electron chi connectivity index (χ4n) is 2.26. The Balaban J connectivity index is 2.03. The van der Waals surface area contributed by atoms with E-state index in [0.717, 1.165) is 38.4 Å². The lowest BCUT2D eigenvalue weighted by molar-refractivity contribution is 0.581. The molecule has 0 aliphatic carbocycles. The summed E-state index contributed by atoms with van der Waals surface area (Å²) in [6.45, 7) is 6.45. The summed E-state index contributed by atoms with van der Waals surface area (Å²) in [5.41, 5.74) is 1.31. The number of hydrogen-bond acceptors (Lipinski definition) is 4. The minimum absolute atomic E-state index is 1.05. The van der Waals surface area contributed by atoms with Crippen molar-refractivity contribution >= 4 is 5.82 Å². The van der Waals surface area contributed by atoms with Gasteiger partial charge in [0.1, 0.15) is 12.1 Å². The molecule has 0 spiro atoms. The van der Waals surface area contributed by atoms with Crippen LogP contribution in [0.2, 0.25) is 0 Å². The molecule has 1 aliphatic rings. The first-order chi connectivity index (χ1) is 8.42. The fourth-order valence-corrected chi connectivity index (χ4v) is 2.26. The van der Waals surface area contributed by atoms with Crippen molar-refractivity contribution in [3.05, 3.63) is 18.1 Å². The Hall–Kier alpha value is -1.16. The van der Waals surface area contributed by atoms with Gasteiger partial charge in [-0.1, -0.05) is 19.8 Å². The molecule has 0 saturated carbocycles. The summed E-state index contributed by atoms with van der Waals surface area (Å²) >= 11 is 0. The van der Waals surface area contributed by atoms with E-state index in [4.69, 9.17) is 0 Å². The molecule has 0 unspecified atom stereocenters. The van der Waals surface area contributed by atoms with Crippen LogP contribution in [-0.2, 0) is 6.42 Å². The first-order valence-electron chi connectivity index (χ1n) is 6.66. The van der Waals surface area contributed by atoms with Gasteiger partial charge in [0, 0.05) is 37.9 Å². The topological polar surface area (TPSA) is 41.1 Å². The molecule has 0 amide bonds. The number of unbranched alkanes of at least 4 members (excludes halogenated alkanes) is 2. The smallest absolute Gasteiger partial charge is 0.135 e. The zero-order valence-electron chi connectivity index (χ0n) is 10.7. The summed E-state index contributed by atoms with van der Waals surface area (Å²) < 4.78 is 0. The molecule has 94 valence electrons. The number of nitrogens with zero attached hydrogens (tertiary/aromatic N) is 3. The SMILES string of the molecule is CCCCCc1cncnc1N1CCNCC1. The molecule has 4 heteroatoms. The lowest BCUT2D eigenvalue weighted by Gasteiger charge is -2.29. The third-order valence-electron chi connectivity index (χ3n) is 3.23. The van der Waals surface area contributed by atoms with Gasteiger partial charge in [0.15, 0.2) is 0 Å². The van der Waals surface area contributed by atoms with Crippen LogP contribution in [-0.4, -0.2) is 36.1 Å². The first kappa shape index (κ1) is 12.3. The maximum absolute atomic E-state index is 4.47. The van der Waals surface area contributed by atoms with Crippen molar-refractivity contribution in [1.29, 1.82) is 0 Å². The highest BCUT2D eigenvalue weighted by molar-refractivity contribution is 5.45. The van der Waals surface area contributed by atoms with Crippen molar-refractivity contribution in [1.82, 2.24) is 15.3 Å². The lowest BCUT2D eigenvalue weighted by Crippen LogP contribution is -2.44. The molecule has 1 aromatic rings. The van der Waals surface area contributed by atoms with Gasteiger partial charge in [0.05, 0.1) is 0 Å². The van der Waals surface area contributed by atoms with Crippen LogP contribution in [0.1, 0.15) is 31.7 Å². The van der Waals surface area contributed by atoms with E-state index in [1.165, 1.54) is 24.8 Å². The molecule has 1 aromatic heterocycles. The van der Waals surface area contributed by atoms with Gasteiger partial charge in [-0.25, -0.2) is 9.97 Å². The molecule has 4 nitrogen and oxygen atoms in total. The Morgan fingerprint density at radius 2 is 2.12 bits per heavy atom. The zero-order valence-corrected chi connectivity index (χ0v) is 10.7.